The van der Waals surface area contributed by atoms with E-state index in [4.69, 9.17) is 4.74 Å². The number of halogens is 1. The first-order valence-electron chi connectivity index (χ1n) is 8.50. The van der Waals surface area contributed by atoms with Crippen LogP contribution in [0.2, 0.25) is 0 Å². The van der Waals surface area contributed by atoms with Crippen molar-refractivity contribution in [3.05, 3.63) is 98.6 Å². The van der Waals surface area contributed by atoms with Crippen molar-refractivity contribution in [2.24, 2.45) is 5.10 Å². The lowest BCUT2D eigenvalue weighted by molar-refractivity contribution is 0.0733. The van der Waals surface area contributed by atoms with Crippen LogP contribution in [0.1, 0.15) is 31.8 Å². The Hall–Kier alpha value is -3.00. The molecule has 0 aliphatic heterocycles. The Morgan fingerprint density at radius 2 is 1.64 bits per heavy atom. The minimum Gasteiger partial charge on any atom is -0.423 e. The highest BCUT2D eigenvalue weighted by Gasteiger charge is 2.11. The van der Waals surface area contributed by atoms with Crippen molar-refractivity contribution in [1.29, 1.82) is 0 Å². The molecule has 1 N–H and O–H groups in total. The third-order valence-electron chi connectivity index (χ3n) is 3.88. The van der Waals surface area contributed by atoms with E-state index in [0.717, 1.165) is 14.7 Å². The van der Waals surface area contributed by atoms with E-state index in [2.05, 4.69) is 33.1 Å². The lowest BCUT2D eigenvalue weighted by atomic mass is 10.1. The molecular weight excluding hydrogens is 467 g/mol. The molecule has 0 atom stereocenters. The van der Waals surface area contributed by atoms with Gasteiger partial charge in [-0.3, -0.25) is 4.79 Å². The number of carbonyl (C=O) groups excluding carboxylic acids is 2. The van der Waals surface area contributed by atoms with Gasteiger partial charge in [0, 0.05) is 9.13 Å². The molecule has 0 fully saturated rings. The number of amides is 1. The Kier molecular flexibility index (Phi) is 6.54. The third-order valence-corrected chi connectivity index (χ3v) is 4.82. The van der Waals surface area contributed by atoms with Gasteiger partial charge >= 0.3 is 5.97 Å². The maximum Gasteiger partial charge on any atom is 0.344 e. The van der Waals surface area contributed by atoms with Gasteiger partial charge in [0.1, 0.15) is 5.75 Å². The number of hydrogen-bond acceptors (Lipinski definition) is 4. The number of benzene rings is 3. The zero-order chi connectivity index (χ0) is 19.9. The van der Waals surface area contributed by atoms with Crippen LogP contribution in [0.4, 0.5) is 0 Å². The number of esters is 1. The van der Waals surface area contributed by atoms with Crippen LogP contribution < -0.4 is 10.2 Å². The van der Waals surface area contributed by atoms with Gasteiger partial charge in [-0.1, -0.05) is 29.8 Å². The van der Waals surface area contributed by atoms with Gasteiger partial charge in [0.25, 0.3) is 5.91 Å². The number of rotatable bonds is 5. The van der Waals surface area contributed by atoms with Crippen LogP contribution in [0.25, 0.3) is 0 Å². The average molecular weight is 484 g/mol. The second-order valence-electron chi connectivity index (χ2n) is 6.00. The Labute approximate surface area is 176 Å². The van der Waals surface area contributed by atoms with Crippen molar-refractivity contribution < 1.29 is 14.3 Å². The van der Waals surface area contributed by atoms with E-state index in [1.807, 2.05) is 31.2 Å². The average Bonchev–Trinajstić information content (AvgIpc) is 2.70. The standard InChI is InChI=1S/C22H17IN2O3/c1-15-6-10-17(11-7-15)21(26)25-24-14-16-8-12-18(13-9-16)28-22(27)19-4-2-3-5-20(19)23/h2-14H,1H3,(H,25,26)/b24-14-. The van der Waals surface area contributed by atoms with Crippen molar-refractivity contribution in [1.82, 2.24) is 5.43 Å². The quantitative estimate of drug-likeness (QED) is 0.190. The first-order chi connectivity index (χ1) is 13.5. The fourth-order valence-electron chi connectivity index (χ4n) is 2.35. The molecule has 1 amide bonds. The molecule has 0 saturated carbocycles. The number of hydrogen-bond donors (Lipinski definition) is 1. The molecule has 0 aliphatic rings. The summed E-state index contributed by atoms with van der Waals surface area (Å²) in [4.78, 5) is 24.2. The van der Waals surface area contributed by atoms with Crippen molar-refractivity contribution in [2.75, 3.05) is 0 Å². The van der Waals surface area contributed by atoms with Crippen molar-refractivity contribution in [2.45, 2.75) is 6.92 Å². The van der Waals surface area contributed by atoms with E-state index in [-0.39, 0.29) is 5.91 Å². The highest BCUT2D eigenvalue weighted by atomic mass is 127. The maximum absolute atomic E-state index is 12.2. The molecule has 0 bridgehead atoms. The Morgan fingerprint density at radius 1 is 0.964 bits per heavy atom. The van der Waals surface area contributed by atoms with E-state index >= 15 is 0 Å². The van der Waals surface area contributed by atoms with E-state index in [9.17, 15) is 9.59 Å². The molecule has 0 aliphatic carbocycles. The zero-order valence-corrected chi connectivity index (χ0v) is 17.2. The van der Waals surface area contributed by atoms with E-state index in [1.54, 1.807) is 48.5 Å². The lowest BCUT2D eigenvalue weighted by Gasteiger charge is -2.06. The Bertz CT molecular complexity index is 1010. The highest BCUT2D eigenvalue weighted by Crippen LogP contribution is 2.17. The molecule has 0 saturated heterocycles. The van der Waals surface area contributed by atoms with Crippen LogP contribution >= 0.6 is 22.6 Å². The third kappa shape index (κ3) is 5.26. The fourth-order valence-corrected chi connectivity index (χ4v) is 2.95. The van der Waals surface area contributed by atoms with Gasteiger partial charge in [-0.05, 0) is 83.6 Å². The number of nitrogens with zero attached hydrogens (tertiary/aromatic N) is 1. The molecule has 0 unspecified atom stereocenters. The first-order valence-corrected chi connectivity index (χ1v) is 9.57. The van der Waals surface area contributed by atoms with Gasteiger partial charge in [-0.15, -0.1) is 0 Å². The van der Waals surface area contributed by atoms with Gasteiger partial charge in [0.05, 0.1) is 11.8 Å². The molecule has 5 nitrogen and oxygen atoms in total. The molecule has 3 aromatic carbocycles. The predicted octanol–water partition coefficient (Wildman–Crippen LogP) is 4.58. The molecule has 0 spiro atoms. The van der Waals surface area contributed by atoms with Crippen LogP contribution in [0.3, 0.4) is 0 Å². The summed E-state index contributed by atoms with van der Waals surface area (Å²) >= 11 is 2.10. The van der Waals surface area contributed by atoms with Gasteiger partial charge < -0.3 is 4.74 Å². The molecular formula is C22H17IN2O3. The van der Waals surface area contributed by atoms with Gasteiger partial charge in [-0.25, -0.2) is 10.2 Å². The van der Waals surface area contributed by atoms with Crippen molar-refractivity contribution >= 4 is 40.7 Å². The summed E-state index contributed by atoms with van der Waals surface area (Å²) in [6, 6.07) is 21.3. The fraction of sp³-hybridized carbons (Fsp3) is 0.0455. The second-order valence-corrected chi connectivity index (χ2v) is 7.17. The zero-order valence-electron chi connectivity index (χ0n) is 15.1. The summed E-state index contributed by atoms with van der Waals surface area (Å²) in [6.45, 7) is 1.96. The monoisotopic (exact) mass is 484 g/mol. The van der Waals surface area contributed by atoms with Crippen LogP contribution in [0.15, 0.2) is 77.9 Å². The summed E-state index contributed by atoms with van der Waals surface area (Å²) in [5.74, 6) is -0.249. The highest BCUT2D eigenvalue weighted by molar-refractivity contribution is 14.1. The van der Waals surface area contributed by atoms with Crippen LogP contribution in [-0.2, 0) is 0 Å². The number of aryl methyl sites for hydroxylation is 1. The summed E-state index contributed by atoms with van der Waals surface area (Å²) in [5, 5.41) is 3.96. The predicted molar refractivity (Wildman–Crippen MR) is 117 cm³/mol. The Morgan fingerprint density at radius 3 is 2.32 bits per heavy atom. The van der Waals surface area contributed by atoms with Crippen LogP contribution in [0, 0.1) is 10.5 Å². The Balaban J connectivity index is 1.57. The summed E-state index contributed by atoms with van der Waals surface area (Å²) in [6.07, 6.45) is 1.53. The van der Waals surface area contributed by atoms with Gasteiger partial charge in [-0.2, -0.15) is 5.10 Å². The van der Waals surface area contributed by atoms with Crippen LogP contribution in [-0.4, -0.2) is 18.1 Å². The molecule has 28 heavy (non-hydrogen) atoms. The van der Waals surface area contributed by atoms with E-state index in [1.165, 1.54) is 6.21 Å². The minimum atomic E-state index is -0.406. The van der Waals surface area contributed by atoms with Gasteiger partial charge in [0.15, 0.2) is 0 Å². The topological polar surface area (TPSA) is 67.8 Å². The smallest absolute Gasteiger partial charge is 0.344 e. The molecule has 0 heterocycles. The van der Waals surface area contributed by atoms with E-state index < -0.39 is 5.97 Å². The molecule has 3 rings (SSSR count). The second kappa shape index (κ2) is 9.27. The number of ether oxygens (including phenoxy) is 1. The molecule has 6 heteroatoms. The molecule has 0 radical (unpaired) electrons. The number of carbonyl (C=O) groups is 2. The molecule has 140 valence electrons. The molecule has 0 aromatic heterocycles. The minimum absolute atomic E-state index is 0.278. The lowest BCUT2D eigenvalue weighted by Crippen LogP contribution is -2.17. The van der Waals surface area contributed by atoms with Crippen LogP contribution in [0.5, 0.6) is 5.75 Å². The van der Waals surface area contributed by atoms with Gasteiger partial charge in [0.2, 0.25) is 0 Å². The SMILES string of the molecule is Cc1ccc(C(=O)N/N=C\c2ccc(OC(=O)c3ccccc3I)cc2)cc1. The number of hydrazone groups is 1. The van der Waals surface area contributed by atoms with Crippen molar-refractivity contribution in [3.63, 3.8) is 0 Å². The summed E-state index contributed by atoms with van der Waals surface area (Å²) in [5.41, 5.74) is 5.40. The normalized spacial score (nSPS) is 10.6. The largest absolute Gasteiger partial charge is 0.423 e. The summed E-state index contributed by atoms with van der Waals surface area (Å²) < 4.78 is 6.22. The van der Waals surface area contributed by atoms with Crippen molar-refractivity contribution in [3.8, 4) is 5.75 Å². The number of nitrogens with one attached hydrogen (secondary N) is 1. The maximum atomic E-state index is 12.2. The summed E-state index contributed by atoms with van der Waals surface area (Å²) in [7, 11) is 0. The first kappa shape index (κ1) is 19.8. The molecule has 3 aromatic rings. The van der Waals surface area contributed by atoms with E-state index in [0.29, 0.717) is 16.9 Å².